The Kier molecular flexibility index (Phi) is 4.82. The maximum absolute atomic E-state index is 5.23. The van der Waals surface area contributed by atoms with Crippen LogP contribution in [0.3, 0.4) is 0 Å². The predicted molar refractivity (Wildman–Crippen MR) is 79.2 cm³/mol. The molecular weight excluding hydrogens is 288 g/mol. The van der Waals surface area contributed by atoms with Gasteiger partial charge in [0.1, 0.15) is 5.75 Å². The van der Waals surface area contributed by atoms with Crippen molar-refractivity contribution in [2.75, 3.05) is 7.11 Å². The van der Waals surface area contributed by atoms with Crippen LogP contribution in [-0.2, 0) is 12.8 Å². The molecule has 0 bridgehead atoms. The monoisotopic (exact) mass is 304 g/mol. The predicted octanol–water partition coefficient (Wildman–Crippen LogP) is 4.63. The van der Waals surface area contributed by atoms with E-state index >= 15 is 0 Å². The molecule has 0 heterocycles. The van der Waals surface area contributed by atoms with Gasteiger partial charge in [0.25, 0.3) is 0 Å². The maximum Gasteiger partial charge on any atom is 0.119 e. The summed E-state index contributed by atoms with van der Waals surface area (Å²) in [6.45, 7) is 0. The van der Waals surface area contributed by atoms with Crippen molar-refractivity contribution < 1.29 is 4.74 Å². The number of ether oxygens (including phenoxy) is 1. The van der Waals surface area contributed by atoms with E-state index < -0.39 is 0 Å². The first-order valence-electron chi connectivity index (χ1n) is 6.15. The van der Waals surface area contributed by atoms with Crippen LogP contribution >= 0.6 is 15.9 Å². The molecule has 0 atom stereocenters. The van der Waals surface area contributed by atoms with Gasteiger partial charge in [0.05, 0.1) is 7.11 Å². The van der Waals surface area contributed by atoms with E-state index in [1.54, 1.807) is 7.11 Å². The quantitative estimate of drug-likeness (QED) is 0.782. The molecule has 94 valence electrons. The minimum atomic E-state index is 0.940. The molecule has 0 saturated carbocycles. The molecule has 0 spiro atoms. The van der Waals surface area contributed by atoms with E-state index in [1.807, 2.05) is 12.1 Å². The van der Waals surface area contributed by atoms with E-state index in [1.165, 1.54) is 11.1 Å². The third-order valence-electron chi connectivity index (χ3n) is 2.95. The van der Waals surface area contributed by atoms with Gasteiger partial charge in [0.2, 0.25) is 0 Å². The second-order valence-corrected chi connectivity index (χ2v) is 5.25. The van der Waals surface area contributed by atoms with E-state index in [2.05, 4.69) is 52.3 Å². The van der Waals surface area contributed by atoms with Crippen molar-refractivity contribution in [1.29, 1.82) is 0 Å². The zero-order valence-corrected chi connectivity index (χ0v) is 12.1. The molecule has 2 heteroatoms. The number of aryl methyl sites for hydroxylation is 2. The molecule has 0 saturated heterocycles. The van der Waals surface area contributed by atoms with Crippen LogP contribution in [0.15, 0.2) is 53.0 Å². The van der Waals surface area contributed by atoms with Gasteiger partial charge in [-0.05, 0) is 54.7 Å². The molecule has 0 unspecified atom stereocenters. The highest BCUT2D eigenvalue weighted by molar-refractivity contribution is 9.10. The fraction of sp³-hybridized carbons (Fsp3) is 0.250. The van der Waals surface area contributed by atoms with Crippen LogP contribution < -0.4 is 4.74 Å². The lowest BCUT2D eigenvalue weighted by Gasteiger charge is -2.05. The SMILES string of the molecule is COc1cccc(CCCc2cccc(Br)c2)c1. The summed E-state index contributed by atoms with van der Waals surface area (Å²) in [5.74, 6) is 0.940. The Balaban J connectivity index is 1.88. The Morgan fingerprint density at radius 1 is 0.944 bits per heavy atom. The molecule has 18 heavy (non-hydrogen) atoms. The maximum atomic E-state index is 5.23. The first-order chi connectivity index (χ1) is 8.78. The van der Waals surface area contributed by atoms with E-state index in [9.17, 15) is 0 Å². The van der Waals surface area contributed by atoms with Crippen LogP contribution in [-0.4, -0.2) is 7.11 Å². The number of benzene rings is 2. The molecule has 2 aromatic carbocycles. The zero-order chi connectivity index (χ0) is 12.8. The lowest BCUT2D eigenvalue weighted by atomic mass is 10.0. The molecular formula is C16H17BrO. The molecule has 2 rings (SSSR count). The second-order valence-electron chi connectivity index (χ2n) is 4.34. The topological polar surface area (TPSA) is 9.23 Å². The largest absolute Gasteiger partial charge is 0.497 e. The summed E-state index contributed by atoms with van der Waals surface area (Å²) in [5.41, 5.74) is 2.72. The summed E-state index contributed by atoms with van der Waals surface area (Å²) in [6, 6.07) is 16.8. The van der Waals surface area contributed by atoms with Crippen LogP contribution in [0.2, 0.25) is 0 Å². The van der Waals surface area contributed by atoms with Gasteiger partial charge in [-0.3, -0.25) is 0 Å². The highest BCUT2D eigenvalue weighted by atomic mass is 79.9. The average Bonchev–Trinajstić information content (AvgIpc) is 2.39. The molecule has 2 aromatic rings. The molecule has 0 aromatic heterocycles. The van der Waals surface area contributed by atoms with E-state index in [0.717, 1.165) is 29.5 Å². The van der Waals surface area contributed by atoms with Gasteiger partial charge in [0, 0.05) is 4.47 Å². The minimum absolute atomic E-state index is 0.940. The molecule has 0 fully saturated rings. The molecule has 0 amide bonds. The van der Waals surface area contributed by atoms with Crippen molar-refractivity contribution >= 4 is 15.9 Å². The van der Waals surface area contributed by atoms with Crippen molar-refractivity contribution in [3.8, 4) is 5.75 Å². The normalized spacial score (nSPS) is 10.3. The fourth-order valence-corrected chi connectivity index (χ4v) is 2.46. The van der Waals surface area contributed by atoms with E-state index in [-0.39, 0.29) is 0 Å². The van der Waals surface area contributed by atoms with Crippen molar-refractivity contribution in [2.24, 2.45) is 0 Å². The summed E-state index contributed by atoms with van der Waals surface area (Å²) in [7, 11) is 1.71. The summed E-state index contributed by atoms with van der Waals surface area (Å²) < 4.78 is 6.38. The smallest absolute Gasteiger partial charge is 0.119 e. The molecule has 0 aliphatic carbocycles. The Labute approximate surface area is 117 Å². The summed E-state index contributed by atoms with van der Waals surface area (Å²) in [4.78, 5) is 0. The third-order valence-corrected chi connectivity index (χ3v) is 3.45. The van der Waals surface area contributed by atoms with Crippen LogP contribution in [0.5, 0.6) is 5.75 Å². The summed E-state index contributed by atoms with van der Waals surface area (Å²) in [6.07, 6.45) is 3.35. The molecule has 0 aliphatic heterocycles. The Bertz CT molecular complexity index is 508. The van der Waals surface area contributed by atoms with Crippen LogP contribution in [0.4, 0.5) is 0 Å². The summed E-state index contributed by atoms with van der Waals surface area (Å²) >= 11 is 3.50. The molecule has 0 aliphatic rings. The fourth-order valence-electron chi connectivity index (χ4n) is 2.02. The standard InChI is InChI=1S/C16H17BrO/c1-18-16-10-4-8-14(12-16)6-2-5-13-7-3-9-15(17)11-13/h3-4,7-12H,2,5-6H2,1H3. The lowest BCUT2D eigenvalue weighted by Crippen LogP contribution is -1.91. The van der Waals surface area contributed by atoms with Crippen LogP contribution in [0.1, 0.15) is 17.5 Å². The van der Waals surface area contributed by atoms with Gasteiger partial charge in [0.15, 0.2) is 0 Å². The van der Waals surface area contributed by atoms with Crippen LogP contribution in [0.25, 0.3) is 0 Å². The zero-order valence-electron chi connectivity index (χ0n) is 10.5. The minimum Gasteiger partial charge on any atom is -0.497 e. The van der Waals surface area contributed by atoms with Gasteiger partial charge in [-0.25, -0.2) is 0 Å². The van der Waals surface area contributed by atoms with Crippen LogP contribution in [0, 0.1) is 0 Å². The number of methoxy groups -OCH3 is 1. The van der Waals surface area contributed by atoms with Gasteiger partial charge < -0.3 is 4.74 Å². The highest BCUT2D eigenvalue weighted by Crippen LogP contribution is 2.16. The van der Waals surface area contributed by atoms with Crippen molar-refractivity contribution in [3.05, 3.63) is 64.1 Å². The number of halogens is 1. The molecule has 0 N–H and O–H groups in total. The third kappa shape index (κ3) is 3.88. The number of hydrogen-bond acceptors (Lipinski definition) is 1. The Morgan fingerprint density at radius 3 is 2.28 bits per heavy atom. The average molecular weight is 305 g/mol. The summed E-state index contributed by atoms with van der Waals surface area (Å²) in [5, 5.41) is 0. The first-order valence-corrected chi connectivity index (χ1v) is 6.94. The van der Waals surface area contributed by atoms with Crippen molar-refractivity contribution in [2.45, 2.75) is 19.3 Å². The van der Waals surface area contributed by atoms with Crippen molar-refractivity contribution in [3.63, 3.8) is 0 Å². The Morgan fingerprint density at radius 2 is 1.61 bits per heavy atom. The molecule has 0 radical (unpaired) electrons. The number of hydrogen-bond donors (Lipinski definition) is 0. The Hall–Kier alpha value is -1.28. The van der Waals surface area contributed by atoms with E-state index in [4.69, 9.17) is 4.74 Å². The highest BCUT2D eigenvalue weighted by Gasteiger charge is 1.98. The van der Waals surface area contributed by atoms with Gasteiger partial charge >= 0.3 is 0 Å². The van der Waals surface area contributed by atoms with Crippen molar-refractivity contribution in [1.82, 2.24) is 0 Å². The second kappa shape index (κ2) is 6.60. The molecule has 1 nitrogen and oxygen atoms in total. The van der Waals surface area contributed by atoms with Gasteiger partial charge in [-0.1, -0.05) is 40.2 Å². The number of rotatable bonds is 5. The van der Waals surface area contributed by atoms with Gasteiger partial charge in [-0.2, -0.15) is 0 Å². The van der Waals surface area contributed by atoms with Gasteiger partial charge in [-0.15, -0.1) is 0 Å². The first kappa shape index (κ1) is 13.2. The van der Waals surface area contributed by atoms with E-state index in [0.29, 0.717) is 0 Å². The lowest BCUT2D eigenvalue weighted by molar-refractivity contribution is 0.414.